The normalized spacial score (nSPS) is 9.93. The Labute approximate surface area is 87.3 Å². The number of hydrogen-bond donors (Lipinski definition) is 0. The molecular weight excluding hydrogens is 196 g/mol. The van der Waals surface area contributed by atoms with Gasteiger partial charge in [0.2, 0.25) is 0 Å². The van der Waals surface area contributed by atoms with Crippen molar-refractivity contribution in [3.05, 3.63) is 21.5 Å². The Kier molecular flexibility index (Phi) is 3.39. The van der Waals surface area contributed by atoms with Gasteiger partial charge in [-0.15, -0.1) is 0 Å². The van der Waals surface area contributed by atoms with Gasteiger partial charge < -0.3 is 0 Å². The van der Waals surface area contributed by atoms with Crippen LogP contribution in [0.1, 0.15) is 25.2 Å². The van der Waals surface area contributed by atoms with E-state index in [0.29, 0.717) is 24.2 Å². The van der Waals surface area contributed by atoms with E-state index in [-0.39, 0.29) is 12.2 Å². The SMILES string of the molecule is CCc1nn(CC#N)c(CC)c1[N+](=O)[O-]. The highest BCUT2D eigenvalue weighted by molar-refractivity contribution is 5.41. The summed E-state index contributed by atoms with van der Waals surface area (Å²) in [5.74, 6) is 0. The van der Waals surface area contributed by atoms with Crippen LogP contribution in [-0.4, -0.2) is 14.7 Å². The van der Waals surface area contributed by atoms with Crippen LogP contribution in [0.4, 0.5) is 5.69 Å². The third kappa shape index (κ3) is 1.96. The van der Waals surface area contributed by atoms with Gasteiger partial charge in [0.1, 0.15) is 17.9 Å². The van der Waals surface area contributed by atoms with E-state index in [9.17, 15) is 10.1 Å². The first-order valence-corrected chi connectivity index (χ1v) is 4.75. The van der Waals surface area contributed by atoms with Crippen molar-refractivity contribution in [1.29, 1.82) is 5.26 Å². The molecular formula is C9H12N4O2. The largest absolute Gasteiger partial charge is 0.313 e. The van der Waals surface area contributed by atoms with Crippen LogP contribution in [0.3, 0.4) is 0 Å². The fourth-order valence-electron chi connectivity index (χ4n) is 1.54. The van der Waals surface area contributed by atoms with Crippen LogP contribution in [0.25, 0.3) is 0 Å². The lowest BCUT2D eigenvalue weighted by Gasteiger charge is -1.97. The summed E-state index contributed by atoms with van der Waals surface area (Å²) in [6, 6.07) is 1.94. The van der Waals surface area contributed by atoms with Crippen molar-refractivity contribution in [2.24, 2.45) is 0 Å². The van der Waals surface area contributed by atoms with Crippen LogP contribution in [-0.2, 0) is 19.4 Å². The maximum absolute atomic E-state index is 10.8. The molecule has 0 fully saturated rings. The molecule has 0 N–H and O–H groups in total. The third-order valence-electron chi connectivity index (χ3n) is 2.17. The monoisotopic (exact) mass is 208 g/mol. The zero-order chi connectivity index (χ0) is 11.4. The molecule has 0 bridgehead atoms. The Morgan fingerprint density at radius 2 is 2.20 bits per heavy atom. The Morgan fingerprint density at radius 1 is 1.53 bits per heavy atom. The number of aryl methyl sites for hydroxylation is 1. The summed E-state index contributed by atoms with van der Waals surface area (Å²) in [6.45, 7) is 3.69. The molecule has 0 atom stereocenters. The predicted octanol–water partition coefficient (Wildman–Crippen LogP) is 1.44. The summed E-state index contributed by atoms with van der Waals surface area (Å²) < 4.78 is 1.41. The number of nitrogens with zero attached hydrogens (tertiary/aromatic N) is 4. The topological polar surface area (TPSA) is 84.8 Å². The van der Waals surface area contributed by atoms with Gasteiger partial charge in [-0.25, -0.2) is 4.68 Å². The van der Waals surface area contributed by atoms with Crippen molar-refractivity contribution >= 4 is 5.69 Å². The molecule has 0 aliphatic heterocycles. The van der Waals surface area contributed by atoms with Gasteiger partial charge >= 0.3 is 5.69 Å². The van der Waals surface area contributed by atoms with Crippen molar-refractivity contribution in [3.8, 4) is 6.07 Å². The van der Waals surface area contributed by atoms with Gasteiger partial charge in [0, 0.05) is 0 Å². The zero-order valence-electron chi connectivity index (χ0n) is 8.73. The quantitative estimate of drug-likeness (QED) is 0.553. The highest BCUT2D eigenvalue weighted by Gasteiger charge is 2.24. The number of nitriles is 1. The Bertz CT molecular complexity index is 416. The van der Waals surface area contributed by atoms with Gasteiger partial charge in [0.05, 0.1) is 11.0 Å². The van der Waals surface area contributed by atoms with Crippen LogP contribution >= 0.6 is 0 Å². The van der Waals surface area contributed by atoms with E-state index >= 15 is 0 Å². The standard InChI is InChI=1S/C9H12N4O2/c1-3-7-9(13(14)15)8(4-2)12(11-7)6-5-10/h3-4,6H2,1-2H3. The van der Waals surface area contributed by atoms with Gasteiger partial charge in [0.15, 0.2) is 0 Å². The fourth-order valence-corrected chi connectivity index (χ4v) is 1.54. The molecule has 0 radical (unpaired) electrons. The summed E-state index contributed by atoms with van der Waals surface area (Å²) in [5, 5.41) is 23.5. The number of aromatic nitrogens is 2. The molecule has 0 aliphatic carbocycles. The molecule has 6 heteroatoms. The molecule has 0 saturated carbocycles. The Morgan fingerprint density at radius 3 is 2.60 bits per heavy atom. The van der Waals surface area contributed by atoms with Crippen LogP contribution in [0, 0.1) is 21.4 Å². The van der Waals surface area contributed by atoms with E-state index in [2.05, 4.69) is 5.10 Å². The Hall–Kier alpha value is -1.90. The van der Waals surface area contributed by atoms with E-state index in [1.807, 2.05) is 19.9 Å². The summed E-state index contributed by atoms with van der Waals surface area (Å²) >= 11 is 0. The first kappa shape index (κ1) is 11.2. The van der Waals surface area contributed by atoms with Crippen molar-refractivity contribution < 1.29 is 4.92 Å². The van der Waals surface area contributed by atoms with E-state index in [4.69, 9.17) is 5.26 Å². The molecule has 0 aromatic carbocycles. The average molecular weight is 208 g/mol. The number of nitro groups is 1. The lowest BCUT2D eigenvalue weighted by atomic mass is 10.2. The predicted molar refractivity (Wildman–Crippen MR) is 53.3 cm³/mol. The van der Waals surface area contributed by atoms with E-state index in [1.54, 1.807) is 0 Å². The molecule has 0 aliphatic rings. The maximum atomic E-state index is 10.8. The fraction of sp³-hybridized carbons (Fsp3) is 0.556. The minimum atomic E-state index is -0.418. The molecule has 15 heavy (non-hydrogen) atoms. The molecule has 0 amide bonds. The van der Waals surface area contributed by atoms with E-state index < -0.39 is 4.92 Å². The highest BCUT2D eigenvalue weighted by atomic mass is 16.6. The zero-order valence-corrected chi connectivity index (χ0v) is 8.73. The highest BCUT2D eigenvalue weighted by Crippen LogP contribution is 2.24. The first-order chi connectivity index (χ1) is 7.15. The summed E-state index contributed by atoms with van der Waals surface area (Å²) in [7, 11) is 0. The second kappa shape index (κ2) is 4.55. The molecule has 6 nitrogen and oxygen atoms in total. The first-order valence-electron chi connectivity index (χ1n) is 4.75. The van der Waals surface area contributed by atoms with Crippen LogP contribution in [0.5, 0.6) is 0 Å². The van der Waals surface area contributed by atoms with E-state index in [0.717, 1.165) is 0 Å². The van der Waals surface area contributed by atoms with Crippen LogP contribution in [0.15, 0.2) is 0 Å². The lowest BCUT2D eigenvalue weighted by molar-refractivity contribution is -0.386. The molecule has 80 valence electrons. The molecule has 0 unspecified atom stereocenters. The third-order valence-corrected chi connectivity index (χ3v) is 2.17. The van der Waals surface area contributed by atoms with Crippen molar-refractivity contribution in [2.75, 3.05) is 0 Å². The number of hydrogen-bond acceptors (Lipinski definition) is 4. The lowest BCUT2D eigenvalue weighted by Crippen LogP contribution is -2.03. The molecule has 0 saturated heterocycles. The smallest absolute Gasteiger partial charge is 0.258 e. The molecule has 1 heterocycles. The van der Waals surface area contributed by atoms with Gasteiger partial charge in [-0.2, -0.15) is 10.4 Å². The van der Waals surface area contributed by atoms with Gasteiger partial charge in [-0.1, -0.05) is 13.8 Å². The van der Waals surface area contributed by atoms with Crippen molar-refractivity contribution in [2.45, 2.75) is 33.2 Å². The maximum Gasteiger partial charge on any atom is 0.313 e. The second-order valence-corrected chi connectivity index (χ2v) is 3.02. The Balaban J connectivity index is 3.33. The summed E-state index contributed by atoms with van der Waals surface area (Å²) in [4.78, 5) is 10.4. The van der Waals surface area contributed by atoms with Crippen molar-refractivity contribution in [1.82, 2.24) is 9.78 Å². The summed E-state index contributed by atoms with van der Waals surface area (Å²) in [6.07, 6.45) is 1.01. The van der Waals surface area contributed by atoms with Gasteiger partial charge in [0.25, 0.3) is 0 Å². The van der Waals surface area contributed by atoms with Crippen LogP contribution < -0.4 is 0 Å². The average Bonchev–Trinajstić information content (AvgIpc) is 2.56. The van der Waals surface area contributed by atoms with Crippen LogP contribution in [0.2, 0.25) is 0 Å². The number of rotatable bonds is 4. The van der Waals surface area contributed by atoms with E-state index in [1.165, 1.54) is 4.68 Å². The minimum absolute atomic E-state index is 0.0595. The van der Waals surface area contributed by atoms with Gasteiger partial charge in [-0.3, -0.25) is 10.1 Å². The van der Waals surface area contributed by atoms with Gasteiger partial charge in [-0.05, 0) is 12.8 Å². The van der Waals surface area contributed by atoms with Crippen molar-refractivity contribution in [3.63, 3.8) is 0 Å². The molecule has 1 rings (SSSR count). The molecule has 1 aromatic heterocycles. The molecule has 0 spiro atoms. The molecule has 1 aromatic rings. The summed E-state index contributed by atoms with van der Waals surface area (Å²) in [5.41, 5.74) is 1.04. The minimum Gasteiger partial charge on any atom is -0.258 e. The second-order valence-electron chi connectivity index (χ2n) is 3.02.